The van der Waals surface area contributed by atoms with E-state index >= 15 is 0 Å². The van der Waals surface area contributed by atoms with Gasteiger partial charge in [-0.05, 0) is 12.1 Å². The van der Waals surface area contributed by atoms with E-state index in [0.717, 1.165) is 4.90 Å². The number of anilines is 1. The zero-order valence-electron chi connectivity index (χ0n) is 11.5. The average Bonchev–Trinajstić information content (AvgIpc) is 2.45. The second-order valence-corrected chi connectivity index (χ2v) is 4.91. The third-order valence-electron chi connectivity index (χ3n) is 3.43. The summed E-state index contributed by atoms with van der Waals surface area (Å²) in [6.07, 6.45) is -6.00. The minimum absolute atomic E-state index is 0.0995. The number of benzene rings is 1. The summed E-state index contributed by atoms with van der Waals surface area (Å²) in [6.45, 7) is 0.718. The Morgan fingerprint density at radius 3 is 2.41 bits per heavy atom. The molecule has 4 nitrogen and oxygen atoms in total. The van der Waals surface area contributed by atoms with E-state index < -0.39 is 24.3 Å². The molecule has 0 aliphatic carbocycles. The number of carbonyl (C=O) groups excluding carboxylic acids is 1. The lowest BCUT2D eigenvalue weighted by Gasteiger charge is -2.36. The van der Waals surface area contributed by atoms with Crippen LogP contribution in [0.3, 0.4) is 0 Å². The van der Waals surface area contributed by atoms with E-state index in [-0.39, 0.29) is 31.7 Å². The highest BCUT2D eigenvalue weighted by molar-refractivity contribution is 5.77. The molecule has 1 aromatic carbocycles. The zero-order chi connectivity index (χ0) is 16.3. The van der Waals surface area contributed by atoms with Gasteiger partial charge in [0.25, 0.3) is 0 Å². The van der Waals surface area contributed by atoms with Gasteiger partial charge in [-0.2, -0.15) is 18.4 Å². The number of piperazine rings is 1. The Bertz CT molecular complexity index is 601. The van der Waals surface area contributed by atoms with Crippen LogP contribution in [0.1, 0.15) is 12.0 Å². The van der Waals surface area contributed by atoms with Crippen molar-refractivity contribution in [3.8, 4) is 6.07 Å². The van der Waals surface area contributed by atoms with Gasteiger partial charge in [0.05, 0.1) is 5.69 Å². The van der Waals surface area contributed by atoms with Crippen molar-refractivity contribution in [1.82, 2.24) is 4.90 Å². The molecular weight excluding hydrogens is 302 g/mol. The van der Waals surface area contributed by atoms with E-state index in [0.29, 0.717) is 5.69 Å². The Morgan fingerprint density at radius 2 is 1.86 bits per heavy atom. The Hall–Kier alpha value is -2.30. The van der Waals surface area contributed by atoms with Gasteiger partial charge in [-0.15, -0.1) is 0 Å². The van der Waals surface area contributed by atoms with Crippen LogP contribution in [0.25, 0.3) is 0 Å². The molecule has 0 radical (unpaired) electrons. The quantitative estimate of drug-likeness (QED) is 0.787. The van der Waals surface area contributed by atoms with Gasteiger partial charge in [0, 0.05) is 26.2 Å². The molecule has 22 heavy (non-hydrogen) atoms. The van der Waals surface area contributed by atoms with Crippen molar-refractivity contribution in [2.24, 2.45) is 0 Å². The molecule has 0 aromatic heterocycles. The van der Waals surface area contributed by atoms with Crippen molar-refractivity contribution < 1.29 is 22.4 Å². The van der Waals surface area contributed by atoms with Crippen LogP contribution in [0.5, 0.6) is 0 Å². The predicted octanol–water partition coefficient (Wildman–Crippen LogP) is 2.30. The number of alkyl halides is 3. The van der Waals surface area contributed by atoms with Crippen molar-refractivity contribution in [3.63, 3.8) is 0 Å². The summed E-state index contributed by atoms with van der Waals surface area (Å²) in [6, 6.07) is 6.00. The summed E-state index contributed by atoms with van der Waals surface area (Å²) in [5, 5.41) is 8.99. The van der Waals surface area contributed by atoms with Crippen LogP contribution in [-0.4, -0.2) is 43.2 Å². The SMILES string of the molecule is N#Cc1c(F)cccc1N1CCN(C(=O)CC(F)(F)F)CC1. The molecule has 1 fully saturated rings. The monoisotopic (exact) mass is 315 g/mol. The standard InChI is InChI=1S/C14H13F4N3O/c15-11-2-1-3-12(10(11)9-19)20-4-6-21(7-5-20)13(22)8-14(16,17)18/h1-3H,4-8H2. The van der Waals surface area contributed by atoms with Crippen LogP contribution < -0.4 is 4.90 Å². The van der Waals surface area contributed by atoms with Crippen LogP contribution in [0.2, 0.25) is 0 Å². The molecule has 0 atom stereocenters. The molecule has 1 aliphatic heterocycles. The second-order valence-electron chi connectivity index (χ2n) is 4.91. The number of rotatable bonds is 2. The molecule has 0 unspecified atom stereocenters. The molecule has 0 saturated carbocycles. The minimum Gasteiger partial charge on any atom is -0.367 e. The highest BCUT2D eigenvalue weighted by Crippen LogP contribution is 2.25. The summed E-state index contributed by atoms with van der Waals surface area (Å²) >= 11 is 0. The molecular formula is C14H13F4N3O. The summed E-state index contributed by atoms with van der Waals surface area (Å²) in [5.41, 5.74) is 0.294. The number of nitriles is 1. The molecule has 1 saturated heterocycles. The molecule has 1 heterocycles. The number of carbonyl (C=O) groups is 1. The van der Waals surface area contributed by atoms with E-state index in [1.807, 2.05) is 0 Å². The fraction of sp³-hybridized carbons (Fsp3) is 0.429. The molecule has 0 spiro atoms. The maximum absolute atomic E-state index is 13.6. The molecule has 0 N–H and O–H groups in total. The van der Waals surface area contributed by atoms with Gasteiger partial charge in [-0.25, -0.2) is 4.39 Å². The molecule has 118 valence electrons. The van der Waals surface area contributed by atoms with E-state index in [1.165, 1.54) is 12.1 Å². The maximum atomic E-state index is 13.6. The lowest BCUT2D eigenvalue weighted by molar-refractivity contribution is -0.161. The topological polar surface area (TPSA) is 47.3 Å². The minimum atomic E-state index is -4.52. The maximum Gasteiger partial charge on any atom is 0.397 e. The molecule has 1 amide bonds. The summed E-state index contributed by atoms with van der Waals surface area (Å²) < 4.78 is 50.2. The molecule has 1 aromatic rings. The van der Waals surface area contributed by atoms with Crippen molar-refractivity contribution in [2.45, 2.75) is 12.6 Å². The molecule has 1 aliphatic rings. The Morgan fingerprint density at radius 1 is 1.23 bits per heavy atom. The van der Waals surface area contributed by atoms with Crippen molar-refractivity contribution in [2.75, 3.05) is 31.1 Å². The van der Waals surface area contributed by atoms with E-state index in [4.69, 9.17) is 5.26 Å². The van der Waals surface area contributed by atoms with E-state index in [2.05, 4.69) is 0 Å². The first-order valence-electron chi connectivity index (χ1n) is 6.60. The number of hydrogen-bond donors (Lipinski definition) is 0. The third kappa shape index (κ3) is 3.67. The lowest BCUT2D eigenvalue weighted by atomic mass is 10.1. The highest BCUT2D eigenvalue weighted by Gasteiger charge is 2.34. The number of amides is 1. The Labute approximate surface area is 124 Å². The van der Waals surface area contributed by atoms with E-state index in [9.17, 15) is 22.4 Å². The molecule has 8 heteroatoms. The Balaban J connectivity index is 2.03. The highest BCUT2D eigenvalue weighted by atomic mass is 19.4. The first-order valence-corrected chi connectivity index (χ1v) is 6.60. The fourth-order valence-electron chi connectivity index (χ4n) is 2.37. The van der Waals surface area contributed by atoms with E-state index in [1.54, 1.807) is 17.0 Å². The fourth-order valence-corrected chi connectivity index (χ4v) is 2.37. The van der Waals surface area contributed by atoms with Crippen LogP contribution in [0.4, 0.5) is 23.2 Å². The predicted molar refractivity (Wildman–Crippen MR) is 70.6 cm³/mol. The van der Waals surface area contributed by atoms with Gasteiger partial charge < -0.3 is 9.80 Å². The number of nitrogens with zero attached hydrogens (tertiary/aromatic N) is 3. The number of hydrogen-bond acceptors (Lipinski definition) is 3. The van der Waals surface area contributed by atoms with Gasteiger partial charge in [0.15, 0.2) is 0 Å². The number of halogens is 4. The van der Waals surface area contributed by atoms with Crippen LogP contribution in [0.15, 0.2) is 18.2 Å². The second kappa shape index (κ2) is 6.22. The summed E-state index contributed by atoms with van der Waals surface area (Å²) in [5.74, 6) is -1.61. The Kier molecular flexibility index (Phi) is 4.54. The van der Waals surface area contributed by atoms with Gasteiger partial charge >= 0.3 is 6.18 Å². The van der Waals surface area contributed by atoms with Crippen LogP contribution in [-0.2, 0) is 4.79 Å². The first kappa shape index (κ1) is 16.1. The zero-order valence-corrected chi connectivity index (χ0v) is 11.5. The third-order valence-corrected chi connectivity index (χ3v) is 3.43. The van der Waals surface area contributed by atoms with Gasteiger partial charge in [-0.3, -0.25) is 4.79 Å². The molecule has 0 bridgehead atoms. The smallest absolute Gasteiger partial charge is 0.367 e. The van der Waals surface area contributed by atoms with Crippen molar-refractivity contribution >= 4 is 11.6 Å². The van der Waals surface area contributed by atoms with Gasteiger partial charge in [0.1, 0.15) is 23.9 Å². The lowest BCUT2D eigenvalue weighted by Crippen LogP contribution is -2.49. The largest absolute Gasteiger partial charge is 0.397 e. The average molecular weight is 315 g/mol. The molecule has 2 rings (SSSR count). The summed E-state index contributed by atoms with van der Waals surface area (Å²) in [7, 11) is 0. The van der Waals surface area contributed by atoms with Gasteiger partial charge in [-0.1, -0.05) is 6.07 Å². The van der Waals surface area contributed by atoms with Gasteiger partial charge in [0.2, 0.25) is 5.91 Å². The van der Waals surface area contributed by atoms with Crippen LogP contribution in [0, 0.1) is 17.1 Å². The van der Waals surface area contributed by atoms with Crippen LogP contribution >= 0.6 is 0 Å². The van der Waals surface area contributed by atoms with Crippen molar-refractivity contribution in [3.05, 3.63) is 29.6 Å². The van der Waals surface area contributed by atoms with Crippen molar-refractivity contribution in [1.29, 1.82) is 5.26 Å². The first-order chi connectivity index (χ1) is 10.3. The summed E-state index contributed by atoms with van der Waals surface area (Å²) in [4.78, 5) is 14.3. The normalized spacial score (nSPS) is 15.6.